The average Bonchev–Trinajstić information content (AvgIpc) is 2.85. The predicted molar refractivity (Wildman–Crippen MR) is 70.7 cm³/mol. The molecule has 0 bridgehead atoms. The molecule has 0 fully saturated rings. The van der Waals surface area contributed by atoms with Gasteiger partial charge in [-0.3, -0.25) is 10.2 Å². The van der Waals surface area contributed by atoms with Gasteiger partial charge in [-0.15, -0.1) is 11.8 Å². The molecule has 1 amide bonds. The molecule has 0 aliphatic heterocycles. The number of hydrazine groups is 1. The summed E-state index contributed by atoms with van der Waals surface area (Å²) < 4.78 is 18.1. The molecular weight excluding hydrogens is 269 g/mol. The lowest BCUT2D eigenvalue weighted by atomic mass is 10.2. The Morgan fingerprint density at radius 1 is 1.42 bits per heavy atom. The lowest BCUT2D eigenvalue weighted by Gasteiger charge is -2.05. The van der Waals surface area contributed by atoms with E-state index < -0.39 is 5.91 Å². The third kappa shape index (κ3) is 3.07. The minimum Gasteiger partial charge on any atom is -0.468 e. The molecule has 2 rings (SSSR count). The van der Waals surface area contributed by atoms with Gasteiger partial charge in [-0.2, -0.15) is 0 Å². The second-order valence-electron chi connectivity index (χ2n) is 3.70. The number of nitrogen functional groups attached to an aromatic ring is 2. The molecule has 2 aromatic rings. The maximum Gasteiger partial charge on any atom is 0.268 e. The molecule has 5 nitrogen and oxygen atoms in total. The first kappa shape index (κ1) is 13.4. The van der Waals surface area contributed by atoms with Crippen LogP contribution in [-0.4, -0.2) is 5.91 Å². The number of furan rings is 1. The number of carbonyl (C=O) groups excluding carboxylic acids is 1. The van der Waals surface area contributed by atoms with E-state index in [-0.39, 0.29) is 5.82 Å². The molecule has 0 aliphatic carbocycles. The number of carbonyl (C=O) groups is 1. The molecule has 7 heteroatoms. The van der Waals surface area contributed by atoms with E-state index in [0.717, 1.165) is 4.90 Å². The van der Waals surface area contributed by atoms with E-state index in [1.807, 2.05) is 5.43 Å². The Balaban J connectivity index is 2.10. The SMILES string of the molecule is NNC(=O)c1ccoc1CSc1ccc(F)cc1N. The molecule has 100 valence electrons. The largest absolute Gasteiger partial charge is 0.468 e. The van der Waals surface area contributed by atoms with Crippen LogP contribution >= 0.6 is 11.8 Å². The first-order valence-electron chi connectivity index (χ1n) is 5.37. The van der Waals surface area contributed by atoms with Crippen molar-refractivity contribution in [2.24, 2.45) is 5.84 Å². The second kappa shape index (κ2) is 5.77. The van der Waals surface area contributed by atoms with E-state index in [4.69, 9.17) is 16.0 Å². The number of nitrogens with two attached hydrogens (primary N) is 2. The van der Waals surface area contributed by atoms with Crippen molar-refractivity contribution in [1.29, 1.82) is 0 Å². The van der Waals surface area contributed by atoms with Gasteiger partial charge in [0.1, 0.15) is 11.6 Å². The molecule has 19 heavy (non-hydrogen) atoms. The molecule has 5 N–H and O–H groups in total. The van der Waals surface area contributed by atoms with Gasteiger partial charge in [0.15, 0.2) is 0 Å². The zero-order valence-electron chi connectivity index (χ0n) is 9.85. The monoisotopic (exact) mass is 281 g/mol. The Morgan fingerprint density at radius 2 is 2.21 bits per heavy atom. The van der Waals surface area contributed by atoms with Crippen molar-refractivity contribution < 1.29 is 13.6 Å². The number of hydrogen-bond acceptors (Lipinski definition) is 5. The van der Waals surface area contributed by atoms with Crippen LogP contribution in [0, 0.1) is 5.82 Å². The van der Waals surface area contributed by atoms with Gasteiger partial charge in [-0.25, -0.2) is 10.2 Å². The fourth-order valence-corrected chi connectivity index (χ4v) is 2.43. The van der Waals surface area contributed by atoms with Crippen molar-refractivity contribution in [3.05, 3.63) is 47.7 Å². The molecule has 1 heterocycles. The Morgan fingerprint density at radius 3 is 2.89 bits per heavy atom. The maximum absolute atomic E-state index is 12.9. The molecule has 1 aromatic carbocycles. The summed E-state index contributed by atoms with van der Waals surface area (Å²) in [4.78, 5) is 12.2. The first-order chi connectivity index (χ1) is 9.11. The highest BCUT2D eigenvalue weighted by atomic mass is 32.2. The zero-order valence-corrected chi connectivity index (χ0v) is 10.7. The number of nitrogens with one attached hydrogen (secondary N) is 1. The molecule has 0 unspecified atom stereocenters. The molecular formula is C12H12FN3O2S. The lowest BCUT2D eigenvalue weighted by Crippen LogP contribution is -2.30. The molecule has 0 saturated heterocycles. The van der Waals surface area contributed by atoms with Gasteiger partial charge in [0.2, 0.25) is 0 Å². The van der Waals surface area contributed by atoms with Crippen molar-refractivity contribution in [3.8, 4) is 0 Å². The Kier molecular flexibility index (Phi) is 4.08. The van der Waals surface area contributed by atoms with Crippen LogP contribution in [-0.2, 0) is 5.75 Å². The summed E-state index contributed by atoms with van der Waals surface area (Å²) >= 11 is 1.35. The topological polar surface area (TPSA) is 94.3 Å². The van der Waals surface area contributed by atoms with Crippen molar-refractivity contribution in [1.82, 2.24) is 5.43 Å². The van der Waals surface area contributed by atoms with E-state index in [1.165, 1.54) is 36.2 Å². The second-order valence-corrected chi connectivity index (χ2v) is 4.72. The molecule has 0 aliphatic rings. The summed E-state index contributed by atoms with van der Waals surface area (Å²) in [6.07, 6.45) is 1.41. The van der Waals surface area contributed by atoms with Crippen molar-refractivity contribution in [2.75, 3.05) is 5.73 Å². The molecule has 0 atom stereocenters. The van der Waals surface area contributed by atoms with Crippen LogP contribution in [0.1, 0.15) is 16.1 Å². The van der Waals surface area contributed by atoms with Crippen LogP contribution in [0.15, 0.2) is 39.8 Å². The van der Waals surface area contributed by atoms with Gasteiger partial charge in [0, 0.05) is 10.6 Å². The minimum absolute atomic E-state index is 0.349. The summed E-state index contributed by atoms with van der Waals surface area (Å²) in [7, 11) is 0. The van der Waals surface area contributed by atoms with Crippen molar-refractivity contribution in [3.63, 3.8) is 0 Å². The van der Waals surface area contributed by atoms with Gasteiger partial charge in [-0.1, -0.05) is 0 Å². The quantitative estimate of drug-likeness (QED) is 0.261. The van der Waals surface area contributed by atoms with Crippen LogP contribution in [0.2, 0.25) is 0 Å². The maximum atomic E-state index is 12.9. The average molecular weight is 281 g/mol. The van der Waals surface area contributed by atoms with E-state index in [9.17, 15) is 9.18 Å². The van der Waals surface area contributed by atoms with Crippen LogP contribution in [0.4, 0.5) is 10.1 Å². The number of thioether (sulfide) groups is 1. The first-order valence-corrected chi connectivity index (χ1v) is 6.35. The Bertz CT molecular complexity index is 600. The number of amides is 1. The normalized spacial score (nSPS) is 10.4. The molecule has 0 spiro atoms. The highest BCUT2D eigenvalue weighted by molar-refractivity contribution is 7.98. The van der Waals surface area contributed by atoms with E-state index >= 15 is 0 Å². The number of anilines is 1. The predicted octanol–water partition coefficient (Wildman–Crippen LogP) is 1.90. The number of benzene rings is 1. The minimum atomic E-state index is -0.420. The van der Waals surface area contributed by atoms with Crippen LogP contribution < -0.4 is 17.0 Å². The third-order valence-electron chi connectivity index (χ3n) is 2.45. The van der Waals surface area contributed by atoms with E-state index in [0.29, 0.717) is 22.8 Å². The number of halogens is 1. The van der Waals surface area contributed by atoms with Crippen molar-refractivity contribution in [2.45, 2.75) is 10.6 Å². The highest BCUT2D eigenvalue weighted by Crippen LogP contribution is 2.29. The fraction of sp³-hybridized carbons (Fsp3) is 0.0833. The smallest absolute Gasteiger partial charge is 0.268 e. The van der Waals surface area contributed by atoms with E-state index in [1.54, 1.807) is 6.07 Å². The van der Waals surface area contributed by atoms with Crippen LogP contribution in [0.3, 0.4) is 0 Å². The summed E-state index contributed by atoms with van der Waals surface area (Å²) in [6, 6.07) is 5.69. The molecule has 0 saturated carbocycles. The van der Waals surface area contributed by atoms with Crippen LogP contribution in [0.25, 0.3) is 0 Å². The van der Waals surface area contributed by atoms with Gasteiger partial charge in [0.05, 0.1) is 17.6 Å². The Hall–Kier alpha value is -1.99. The van der Waals surface area contributed by atoms with E-state index in [2.05, 4.69) is 0 Å². The van der Waals surface area contributed by atoms with Gasteiger partial charge >= 0.3 is 0 Å². The Labute approximate surface area is 113 Å². The van der Waals surface area contributed by atoms with Crippen LogP contribution in [0.5, 0.6) is 0 Å². The standard InChI is InChI=1S/C12H12FN3O2S/c13-7-1-2-11(9(14)5-7)19-6-10-8(3-4-18-10)12(17)16-15/h1-5H,6,14-15H2,(H,16,17). The molecule has 1 aromatic heterocycles. The number of rotatable bonds is 4. The highest BCUT2D eigenvalue weighted by Gasteiger charge is 2.14. The summed E-state index contributed by atoms with van der Waals surface area (Å²) in [5.74, 6) is 5.14. The van der Waals surface area contributed by atoms with Crippen molar-refractivity contribution >= 4 is 23.4 Å². The number of hydrogen-bond donors (Lipinski definition) is 3. The fourth-order valence-electron chi connectivity index (χ4n) is 1.53. The zero-order chi connectivity index (χ0) is 13.8. The summed E-state index contributed by atoms with van der Waals surface area (Å²) in [5, 5.41) is 0. The summed E-state index contributed by atoms with van der Waals surface area (Å²) in [5.41, 5.74) is 8.46. The summed E-state index contributed by atoms with van der Waals surface area (Å²) in [6.45, 7) is 0. The van der Waals surface area contributed by atoms with Gasteiger partial charge in [0.25, 0.3) is 5.91 Å². The van der Waals surface area contributed by atoms with Gasteiger partial charge < -0.3 is 10.2 Å². The lowest BCUT2D eigenvalue weighted by molar-refractivity contribution is 0.0952. The molecule has 0 radical (unpaired) electrons. The van der Waals surface area contributed by atoms with Gasteiger partial charge in [-0.05, 0) is 24.3 Å². The third-order valence-corrected chi connectivity index (χ3v) is 3.54.